The van der Waals surface area contributed by atoms with Crippen LogP contribution in [-0.4, -0.2) is 150 Å². The van der Waals surface area contributed by atoms with Gasteiger partial charge in [0.15, 0.2) is 17.3 Å². The van der Waals surface area contributed by atoms with E-state index in [-0.39, 0.29) is 87.7 Å². The van der Waals surface area contributed by atoms with E-state index < -0.39 is 28.0 Å². The third kappa shape index (κ3) is 21.2. The van der Waals surface area contributed by atoms with E-state index in [1.54, 1.807) is 40.0 Å². The van der Waals surface area contributed by atoms with E-state index in [9.17, 15) is 59.4 Å². The number of ether oxygens (including phenoxy) is 2. The summed E-state index contributed by atoms with van der Waals surface area (Å²) in [6.45, 7) is 27.1. The summed E-state index contributed by atoms with van der Waals surface area (Å²) >= 11 is 1.70. The topological polar surface area (TPSA) is 291 Å². The highest BCUT2D eigenvalue weighted by molar-refractivity contribution is 7.99. The number of rotatable bonds is 19. The molecule has 2 aromatic rings. The van der Waals surface area contributed by atoms with Crippen LogP contribution in [0.3, 0.4) is 0 Å². The first kappa shape index (κ1) is 105. The lowest BCUT2D eigenvalue weighted by molar-refractivity contribution is -0.151. The smallest absolute Gasteiger partial charge is 0.306 e. The summed E-state index contributed by atoms with van der Waals surface area (Å²) in [7, 11) is 0. The standard InChI is InChI=1S/2C25H40O4.C24H36N2O2.C23H37N3O2.C22H36O2S/c2*1-4-5-23(27)29-15-22(26)21-9-8-20-19-7-6-16-14-24(2,28)12-10-17(16)18(19)11-13-25(20,21)3;1-23(28)10-8-17-16(14-23)4-5-19-18(17)9-11-24(2)20(19)6-7-21(24)22(27)15-26-13-3-12-25-26;1-22(28)9-7-16-15(11-22)3-4-18-17(16)8-10-23(2)19(18)5-6-20(23)21(27)12-26-14-24-13-25-26;1-21(24)10-8-15-14(12-21)4-5-17-16(15)9-11-22(2)18(17)6-7-19(22)20(23)13-25-3/h2*16-21,28H,4-15H2,1-3H3;3,12-13,16-21,28H,4-11,14-15H2,1-2H3;13-21,27-28H,3-12H2,1-2H3;14-19,24H,4-13H2,1-3H3/t16-,17+,18-,19-,20+,21-,24-,25+;16-,17-,18+,19+,20-,21+,24+,25-;16-,17+,18-,19-,20+,21-,23-,24+;15-,16+,17-,18-,19+,20-,21?,22-,23+;14-,15+,16-,17-,18+,19-,21-,22+/m10111/s1. The summed E-state index contributed by atoms with van der Waals surface area (Å²) in [6, 6.07) is 1.90. The van der Waals surface area contributed by atoms with Gasteiger partial charge in [0.1, 0.15) is 31.7 Å². The number of aliphatic hydroxyl groups is 6. The Morgan fingerprint density at radius 2 is 0.655 bits per heavy atom. The van der Waals surface area contributed by atoms with Crippen LogP contribution in [0.4, 0.5) is 0 Å². The van der Waals surface area contributed by atoms with Gasteiger partial charge in [-0.1, -0.05) is 48.5 Å². The number of Topliss-reactive ketones (excluding diaryl/α,β-unsaturated/α-hetero) is 4. The van der Waals surface area contributed by atoms with Crippen molar-refractivity contribution in [3.63, 3.8) is 0 Å². The van der Waals surface area contributed by atoms with Crippen molar-refractivity contribution in [1.29, 1.82) is 0 Å². The number of aliphatic hydroxyl groups excluding tert-OH is 1. The number of fused-ring (bicyclic) bond motifs is 25. The Balaban J connectivity index is 0.000000115. The second-order valence-electron chi connectivity index (χ2n) is 54.8. The molecule has 0 aromatic carbocycles. The van der Waals surface area contributed by atoms with E-state index in [2.05, 4.69) is 56.1 Å². The second-order valence-corrected chi connectivity index (χ2v) is 55.7. The number of hydrogen-bond donors (Lipinski definition) is 6. The van der Waals surface area contributed by atoms with Gasteiger partial charge in [0.05, 0.1) is 53.0 Å². The van der Waals surface area contributed by atoms with E-state index in [1.807, 2.05) is 60.7 Å². The van der Waals surface area contributed by atoms with E-state index in [0.717, 1.165) is 259 Å². The fourth-order valence-corrected chi connectivity index (χ4v) is 41.3. The van der Waals surface area contributed by atoms with Crippen LogP contribution in [0.15, 0.2) is 31.1 Å². The van der Waals surface area contributed by atoms with Crippen LogP contribution in [0.25, 0.3) is 0 Å². The minimum Gasteiger partial charge on any atom is -0.458 e. The zero-order chi connectivity index (χ0) is 98.5. The van der Waals surface area contributed by atoms with Crippen LogP contribution >= 0.6 is 11.8 Å². The van der Waals surface area contributed by atoms with Crippen molar-refractivity contribution >= 4 is 46.8 Å². The molecule has 0 aliphatic heterocycles. The Morgan fingerprint density at radius 1 is 0.353 bits per heavy atom. The van der Waals surface area contributed by atoms with E-state index in [1.165, 1.54) is 167 Å². The number of aromatic nitrogens is 5. The molecule has 2 heterocycles. The van der Waals surface area contributed by atoms with Crippen molar-refractivity contribution in [2.45, 2.75) is 445 Å². The largest absolute Gasteiger partial charge is 0.458 e. The van der Waals surface area contributed by atoms with Gasteiger partial charge in [0, 0.05) is 48.9 Å². The van der Waals surface area contributed by atoms with Crippen molar-refractivity contribution in [3.8, 4) is 0 Å². The van der Waals surface area contributed by atoms with Crippen molar-refractivity contribution in [2.75, 3.05) is 25.2 Å². The molecule has 41 atom stereocenters. The summed E-state index contributed by atoms with van der Waals surface area (Å²) in [5, 5.41) is 72.2. The SMILES string of the molecule is CCCC(=O)OCC(=O)[C@H]1CC[C@H]2[C@@H]3CC[C@@H]4C[C@](C)(O)CC[C@@H]4[C@H]3CC[C@]12C.CCCC(=O)OCC(=O)[C@H]1CC[C@H]2[C@@H]3CC[C@H]4C[C@](C)(O)CC[C@@H]4[C@H]3CC[C@]12C.CSCC(=O)[C@H]1CC[C@H]2[C@@H]3CC[C@@H]4C[C@](C)(O)CC[C@@H]4[C@H]3CC[C@]12C.C[C@@]1(O)CC[C@H]2[C@H](CC[C@@H]3[C@@H]2CC[C@]2(C)[C@@H](C(=O)Cn4cccn4)CC[C@@H]32)C1.C[C@@]1(O)CC[C@H]2[C@H](CC[C@@H]3[C@@H]2CC[C@]2(C)[C@@H](C(O)Cn4cncn4)CC[C@@H]32)C1. The molecule has 19 nitrogen and oxygen atoms in total. The molecule has 0 amide bonds. The number of carbonyl (C=O) groups excluding carboxylic acids is 6. The highest BCUT2D eigenvalue weighted by Crippen LogP contribution is 2.72. The highest BCUT2D eigenvalue weighted by Gasteiger charge is 2.66. The maximum absolute atomic E-state index is 13.1. The predicted molar refractivity (Wildman–Crippen MR) is 545 cm³/mol. The number of esters is 2. The second kappa shape index (κ2) is 41.9. The highest BCUT2D eigenvalue weighted by atomic mass is 32.2. The summed E-state index contributed by atoms with van der Waals surface area (Å²) in [4.78, 5) is 79.2. The third-order valence-corrected chi connectivity index (χ3v) is 47.5. The summed E-state index contributed by atoms with van der Waals surface area (Å²) in [5.74, 6) is 21.9. The minimum absolute atomic E-state index is 0.0281. The van der Waals surface area contributed by atoms with Crippen molar-refractivity contribution in [3.05, 3.63) is 31.1 Å². The molecule has 1 unspecified atom stereocenters. The molecular formula is C119H189N5O14S. The van der Waals surface area contributed by atoms with Crippen LogP contribution in [-0.2, 0) is 51.3 Å². The van der Waals surface area contributed by atoms with Crippen LogP contribution in [0, 0.1) is 205 Å². The maximum Gasteiger partial charge on any atom is 0.306 e. The molecule has 2 aromatic heterocycles. The average molecular weight is 1950 g/mol. The van der Waals surface area contributed by atoms with Gasteiger partial charge >= 0.3 is 11.9 Å². The Kier molecular flexibility index (Phi) is 31.6. The minimum atomic E-state index is -0.461. The Labute approximate surface area is 841 Å². The first-order valence-corrected chi connectivity index (χ1v) is 59.5. The van der Waals surface area contributed by atoms with Crippen LogP contribution < -0.4 is 0 Å². The lowest BCUT2D eigenvalue weighted by atomic mass is 9.49. The number of ketones is 4. The van der Waals surface area contributed by atoms with Gasteiger partial charge in [-0.05, 0) is 530 Å². The lowest BCUT2D eigenvalue weighted by Crippen LogP contribution is -2.51. The van der Waals surface area contributed by atoms with Gasteiger partial charge in [-0.15, -0.1) is 0 Å². The Bertz CT molecular complexity index is 4420. The molecule has 6 N–H and O–H groups in total. The fourth-order valence-electron chi connectivity index (χ4n) is 40.8. The monoisotopic (exact) mass is 1940 g/mol. The summed E-state index contributed by atoms with van der Waals surface area (Å²) < 4.78 is 14.1. The van der Waals surface area contributed by atoms with Gasteiger partial charge in [-0.25, -0.2) is 4.98 Å². The summed E-state index contributed by atoms with van der Waals surface area (Å²) in [6.07, 6.45) is 63.8. The average Bonchev–Trinajstić information content (AvgIpc) is 1.64. The summed E-state index contributed by atoms with van der Waals surface area (Å²) in [5.41, 5.74) is -1.29. The van der Waals surface area contributed by atoms with Crippen LogP contribution in [0.5, 0.6) is 0 Å². The predicted octanol–water partition coefficient (Wildman–Crippen LogP) is 22.9. The van der Waals surface area contributed by atoms with Crippen molar-refractivity contribution in [2.24, 2.45) is 205 Å². The lowest BCUT2D eigenvalue weighted by Gasteiger charge is -2.57. The van der Waals surface area contributed by atoms with Crippen LogP contribution in [0.1, 0.15) is 398 Å². The molecule has 0 saturated heterocycles. The van der Waals surface area contributed by atoms with E-state index in [0.29, 0.717) is 78.8 Å². The molecule has 20 aliphatic carbocycles. The molecule has 20 fully saturated rings. The van der Waals surface area contributed by atoms with Gasteiger partial charge in [-0.2, -0.15) is 22.0 Å². The molecule has 20 saturated carbocycles. The first-order chi connectivity index (χ1) is 66.1. The number of nitrogens with zero attached hydrogens (tertiary/aromatic N) is 5. The van der Waals surface area contributed by atoms with Crippen molar-refractivity contribution in [1.82, 2.24) is 24.5 Å². The normalized spacial score (nSPS) is 48.3. The van der Waals surface area contributed by atoms with Gasteiger partial charge in [-0.3, -0.25) is 38.1 Å². The molecule has 780 valence electrons. The maximum atomic E-state index is 13.1. The number of carbonyl (C=O) groups is 6. The van der Waals surface area contributed by atoms with Crippen molar-refractivity contribution < 1.29 is 68.9 Å². The van der Waals surface area contributed by atoms with Crippen LogP contribution in [0.2, 0.25) is 0 Å². The molecular weight excluding hydrogens is 1760 g/mol. The Morgan fingerprint density at radius 3 is 0.957 bits per heavy atom. The molecule has 20 aliphatic rings. The zero-order valence-corrected chi connectivity index (χ0v) is 89.4. The fraction of sp³-hybridized carbons (Fsp3) is 0.908. The quantitative estimate of drug-likeness (QED) is 0.0713. The molecule has 22 rings (SSSR count). The van der Waals surface area contributed by atoms with Gasteiger partial charge in [0.25, 0.3) is 0 Å². The number of thioether (sulfide) groups is 1. The van der Waals surface area contributed by atoms with Gasteiger partial charge < -0.3 is 40.1 Å². The zero-order valence-electron chi connectivity index (χ0n) is 88.6. The molecule has 20 heteroatoms. The molecule has 139 heavy (non-hydrogen) atoms. The first-order valence-electron chi connectivity index (χ1n) is 58.1. The molecule has 0 spiro atoms. The van der Waals surface area contributed by atoms with Gasteiger partial charge in [0.2, 0.25) is 0 Å². The number of hydrogen-bond acceptors (Lipinski definition) is 18. The molecule has 0 bridgehead atoms. The molecule has 0 radical (unpaired) electrons. The van der Waals surface area contributed by atoms with E-state index in [4.69, 9.17) is 9.47 Å². The Hall–Kier alpha value is -3.92. The van der Waals surface area contributed by atoms with E-state index >= 15 is 0 Å². The third-order valence-electron chi connectivity index (χ3n) is 46.9.